The molecule has 21 heavy (non-hydrogen) atoms. The van der Waals surface area contributed by atoms with Gasteiger partial charge in [0.25, 0.3) is 0 Å². The number of hydrogen-bond acceptors (Lipinski definition) is 4. The van der Waals surface area contributed by atoms with Crippen LogP contribution < -0.4 is 10.1 Å². The summed E-state index contributed by atoms with van der Waals surface area (Å²) in [7, 11) is 3.37. The molecule has 1 aliphatic heterocycles. The van der Waals surface area contributed by atoms with Crippen LogP contribution in [0.15, 0.2) is 18.2 Å². The number of morpholine rings is 1. The number of carbonyl (C=O) groups is 1. The van der Waals surface area contributed by atoms with Crippen LogP contribution in [0.3, 0.4) is 0 Å². The highest BCUT2D eigenvalue weighted by Gasteiger charge is 2.30. The number of methoxy groups -OCH3 is 1. The molecule has 6 heteroatoms. The van der Waals surface area contributed by atoms with Crippen molar-refractivity contribution in [2.24, 2.45) is 0 Å². The highest BCUT2D eigenvalue weighted by atomic mass is 35.5. The predicted molar refractivity (Wildman–Crippen MR) is 81.7 cm³/mol. The molecule has 1 N–H and O–H groups in total. The normalized spacial score (nSPS) is 21.9. The first kappa shape index (κ1) is 16.1. The van der Waals surface area contributed by atoms with Crippen LogP contribution in [-0.4, -0.2) is 50.3 Å². The molecule has 116 valence electrons. The molecule has 1 fully saturated rings. The van der Waals surface area contributed by atoms with Crippen LogP contribution in [0.25, 0.3) is 0 Å². The number of nitrogens with zero attached hydrogens (tertiary/aromatic N) is 1. The lowest BCUT2D eigenvalue weighted by molar-refractivity contribution is -0.138. The van der Waals surface area contributed by atoms with E-state index in [0.717, 1.165) is 11.3 Å². The number of hydrogen-bond donors (Lipinski definition) is 1. The maximum atomic E-state index is 12.5. The van der Waals surface area contributed by atoms with Crippen molar-refractivity contribution in [1.29, 1.82) is 0 Å². The molecule has 1 saturated heterocycles. The summed E-state index contributed by atoms with van der Waals surface area (Å²) in [5, 5.41) is 3.83. The predicted octanol–water partition coefficient (Wildman–Crippen LogP) is 1.68. The Morgan fingerprint density at radius 3 is 3.00 bits per heavy atom. The van der Waals surface area contributed by atoms with E-state index in [9.17, 15) is 4.79 Å². The third-order valence-corrected chi connectivity index (χ3v) is 3.84. The fourth-order valence-corrected chi connectivity index (χ4v) is 2.65. The number of halogens is 1. The van der Waals surface area contributed by atoms with E-state index in [1.165, 1.54) is 0 Å². The van der Waals surface area contributed by atoms with Gasteiger partial charge < -0.3 is 19.7 Å². The lowest BCUT2D eigenvalue weighted by Gasteiger charge is -2.32. The summed E-state index contributed by atoms with van der Waals surface area (Å²) in [5.41, 5.74) is 0.880. The number of amides is 1. The number of likely N-dealkylation sites (N-methyl/N-ethyl adjacent to an activating group) is 1. The SMILES string of the molecule is COc1ccc(Cl)cc1CN(C)C(=O)[C@H]1NCCO[C@@H]1C. The molecule has 0 saturated carbocycles. The van der Waals surface area contributed by atoms with Crippen LogP contribution in [0.1, 0.15) is 12.5 Å². The number of nitrogens with one attached hydrogen (secondary N) is 1. The molecule has 0 bridgehead atoms. The van der Waals surface area contributed by atoms with Crippen LogP contribution in [0.5, 0.6) is 5.75 Å². The third-order valence-electron chi connectivity index (χ3n) is 3.61. The van der Waals surface area contributed by atoms with E-state index in [2.05, 4.69) is 5.32 Å². The number of carbonyl (C=O) groups excluding carboxylic acids is 1. The minimum absolute atomic E-state index is 0.00392. The molecular weight excluding hydrogens is 292 g/mol. The Labute approximate surface area is 130 Å². The van der Waals surface area contributed by atoms with Gasteiger partial charge in [0, 0.05) is 30.7 Å². The van der Waals surface area contributed by atoms with E-state index in [0.29, 0.717) is 24.7 Å². The van der Waals surface area contributed by atoms with Crippen molar-refractivity contribution in [3.63, 3.8) is 0 Å². The van der Waals surface area contributed by atoms with Gasteiger partial charge in [0.05, 0.1) is 19.8 Å². The summed E-state index contributed by atoms with van der Waals surface area (Å²) in [4.78, 5) is 14.2. The Hall–Kier alpha value is -1.30. The Bertz CT molecular complexity index is 510. The second-order valence-electron chi connectivity index (χ2n) is 5.16. The van der Waals surface area contributed by atoms with Crippen molar-refractivity contribution in [1.82, 2.24) is 10.2 Å². The van der Waals surface area contributed by atoms with Crippen molar-refractivity contribution in [3.8, 4) is 5.75 Å². The van der Waals surface area contributed by atoms with E-state index >= 15 is 0 Å². The molecule has 2 rings (SSSR count). The zero-order valence-electron chi connectivity index (χ0n) is 12.6. The van der Waals surface area contributed by atoms with E-state index in [-0.39, 0.29) is 18.1 Å². The molecule has 1 aromatic carbocycles. The summed E-state index contributed by atoms with van der Waals surface area (Å²) in [6.45, 7) is 3.67. The fraction of sp³-hybridized carbons (Fsp3) is 0.533. The zero-order chi connectivity index (χ0) is 15.4. The van der Waals surface area contributed by atoms with Crippen LogP contribution in [-0.2, 0) is 16.1 Å². The summed E-state index contributed by atoms with van der Waals surface area (Å²) >= 11 is 6.02. The average Bonchev–Trinajstić information content (AvgIpc) is 2.47. The fourth-order valence-electron chi connectivity index (χ4n) is 2.45. The zero-order valence-corrected chi connectivity index (χ0v) is 13.3. The molecule has 0 spiro atoms. The quantitative estimate of drug-likeness (QED) is 0.919. The van der Waals surface area contributed by atoms with Gasteiger partial charge in [0.1, 0.15) is 11.8 Å². The Balaban J connectivity index is 2.08. The smallest absolute Gasteiger partial charge is 0.242 e. The van der Waals surface area contributed by atoms with Crippen LogP contribution in [0.2, 0.25) is 5.02 Å². The maximum absolute atomic E-state index is 12.5. The molecule has 2 atom stereocenters. The largest absolute Gasteiger partial charge is 0.496 e. The van der Waals surface area contributed by atoms with Crippen molar-refractivity contribution in [3.05, 3.63) is 28.8 Å². The van der Waals surface area contributed by atoms with Crippen molar-refractivity contribution >= 4 is 17.5 Å². The standard InChI is InChI=1S/C15H21ClN2O3/c1-10-14(17-6-7-21-10)15(19)18(2)9-11-8-12(16)4-5-13(11)20-3/h4-5,8,10,14,17H,6-7,9H2,1-3H3/t10-,14+/m1/s1. The van der Waals surface area contributed by atoms with Gasteiger partial charge in [-0.1, -0.05) is 11.6 Å². The Morgan fingerprint density at radius 1 is 1.57 bits per heavy atom. The van der Waals surface area contributed by atoms with E-state index in [4.69, 9.17) is 21.1 Å². The molecule has 0 aromatic heterocycles. The van der Waals surface area contributed by atoms with E-state index < -0.39 is 0 Å². The molecular formula is C15H21ClN2O3. The van der Waals surface area contributed by atoms with Gasteiger partial charge in [-0.15, -0.1) is 0 Å². The van der Waals surface area contributed by atoms with Crippen LogP contribution >= 0.6 is 11.6 Å². The van der Waals surface area contributed by atoms with Crippen molar-refractivity contribution in [2.45, 2.75) is 25.6 Å². The Morgan fingerprint density at radius 2 is 2.33 bits per heavy atom. The second kappa shape index (κ2) is 7.11. The minimum Gasteiger partial charge on any atom is -0.496 e. The molecule has 1 amide bonds. The van der Waals surface area contributed by atoms with E-state index in [1.807, 2.05) is 13.0 Å². The number of rotatable bonds is 4. The molecule has 0 unspecified atom stereocenters. The molecule has 0 radical (unpaired) electrons. The molecule has 0 aliphatic carbocycles. The van der Waals surface area contributed by atoms with Crippen molar-refractivity contribution < 1.29 is 14.3 Å². The summed E-state index contributed by atoms with van der Waals surface area (Å²) in [5.74, 6) is 0.726. The van der Waals surface area contributed by atoms with Gasteiger partial charge in [-0.3, -0.25) is 4.79 Å². The minimum atomic E-state index is -0.311. The lowest BCUT2D eigenvalue weighted by atomic mass is 10.1. The number of benzene rings is 1. The molecule has 1 aliphatic rings. The van der Waals surface area contributed by atoms with Crippen LogP contribution in [0, 0.1) is 0 Å². The van der Waals surface area contributed by atoms with Gasteiger partial charge in [-0.2, -0.15) is 0 Å². The second-order valence-corrected chi connectivity index (χ2v) is 5.59. The summed E-state index contributed by atoms with van der Waals surface area (Å²) < 4.78 is 10.8. The van der Waals surface area contributed by atoms with Gasteiger partial charge in [0.15, 0.2) is 0 Å². The highest BCUT2D eigenvalue weighted by Crippen LogP contribution is 2.24. The third kappa shape index (κ3) is 3.87. The first-order chi connectivity index (χ1) is 10.0. The first-order valence-electron chi connectivity index (χ1n) is 6.95. The van der Waals surface area contributed by atoms with Gasteiger partial charge >= 0.3 is 0 Å². The highest BCUT2D eigenvalue weighted by molar-refractivity contribution is 6.30. The monoisotopic (exact) mass is 312 g/mol. The lowest BCUT2D eigenvalue weighted by Crippen LogP contribution is -2.55. The molecule has 1 aromatic rings. The first-order valence-corrected chi connectivity index (χ1v) is 7.33. The van der Waals surface area contributed by atoms with Crippen LogP contribution in [0.4, 0.5) is 0 Å². The van der Waals surface area contributed by atoms with Gasteiger partial charge in [-0.05, 0) is 25.1 Å². The molecule has 5 nitrogen and oxygen atoms in total. The maximum Gasteiger partial charge on any atom is 0.242 e. The topological polar surface area (TPSA) is 50.8 Å². The number of ether oxygens (including phenoxy) is 2. The van der Waals surface area contributed by atoms with Crippen molar-refractivity contribution in [2.75, 3.05) is 27.3 Å². The average molecular weight is 313 g/mol. The van der Waals surface area contributed by atoms with Gasteiger partial charge in [0.2, 0.25) is 5.91 Å². The summed E-state index contributed by atoms with van der Waals surface area (Å²) in [6, 6.07) is 5.08. The molecule has 1 heterocycles. The van der Waals surface area contributed by atoms with E-state index in [1.54, 1.807) is 31.2 Å². The summed E-state index contributed by atoms with van der Waals surface area (Å²) in [6.07, 6.45) is -0.130. The Kier molecular flexibility index (Phi) is 5.45. The van der Waals surface area contributed by atoms with Gasteiger partial charge in [-0.25, -0.2) is 0 Å².